The molecule has 0 spiro atoms. The van der Waals surface area contributed by atoms with Crippen molar-refractivity contribution in [2.24, 2.45) is 23.1 Å². The predicted molar refractivity (Wildman–Crippen MR) is 239 cm³/mol. The second kappa shape index (κ2) is 20.8. The van der Waals surface area contributed by atoms with Gasteiger partial charge in [-0.3, -0.25) is 19.8 Å². The fourth-order valence-electron chi connectivity index (χ4n) is 8.64. The van der Waals surface area contributed by atoms with Gasteiger partial charge in [0.25, 0.3) is 5.91 Å². The van der Waals surface area contributed by atoms with Crippen LogP contribution in [0.15, 0.2) is 102 Å². The third kappa shape index (κ3) is 11.4. The Kier molecular flexibility index (Phi) is 15.2. The van der Waals surface area contributed by atoms with E-state index >= 15 is 0 Å². The van der Waals surface area contributed by atoms with E-state index in [4.69, 9.17) is 17.2 Å². The van der Waals surface area contributed by atoms with E-state index in [9.17, 15) is 19.5 Å². The van der Waals surface area contributed by atoms with E-state index in [-0.39, 0.29) is 29.4 Å². The summed E-state index contributed by atoms with van der Waals surface area (Å²) in [4.78, 5) is 47.6. The summed E-state index contributed by atoms with van der Waals surface area (Å²) < 4.78 is 0. The molecule has 3 aromatic rings. The number of rotatable bonds is 10. The lowest BCUT2D eigenvalue weighted by Gasteiger charge is -2.40. The van der Waals surface area contributed by atoms with Gasteiger partial charge < -0.3 is 41.9 Å². The van der Waals surface area contributed by atoms with Gasteiger partial charge in [0.15, 0.2) is 0 Å². The standard InChI is InChI=1S/C32H41N5O3.C15H22N4O/c1-24(22-27-10-6-7-11-29(27)37-21-16-30(38)33-32(37)40)34(2)28-14-17-35(18-15-28)23-25-12-19-36(20-13-25)31(39)26-8-4-3-5-9-26;16-12(11-6-2-3-7-14(11)20)10-13(15(17)18)19-8-4-1-5-9-19/h3-11,22,25,28H,12-21,23H2,1-2H3,(H,33,38,40);2-3,6-7,10,20H,1,4-5,8-9,16-18H2/b24-22-;12-10-. The molecule has 4 amide bonds. The fourth-order valence-corrected chi connectivity index (χ4v) is 8.64. The van der Waals surface area contributed by atoms with Crippen LogP contribution in [-0.2, 0) is 4.79 Å². The summed E-state index contributed by atoms with van der Waals surface area (Å²) in [7, 11) is 2.17. The number of allylic oxidation sites excluding steroid dienone is 2. The third-order valence-electron chi connectivity index (χ3n) is 12.2. The quantitative estimate of drug-likeness (QED) is 0.159. The van der Waals surface area contributed by atoms with E-state index < -0.39 is 0 Å². The summed E-state index contributed by atoms with van der Waals surface area (Å²) in [6.45, 7) is 9.37. The highest BCUT2D eigenvalue weighted by atomic mass is 16.3. The number of nitrogens with two attached hydrogens (primary N) is 3. The largest absolute Gasteiger partial charge is 0.507 e. The molecule has 0 radical (unpaired) electrons. The highest BCUT2D eigenvalue weighted by molar-refractivity contribution is 6.06. The van der Waals surface area contributed by atoms with Crippen LogP contribution < -0.4 is 27.4 Å². The minimum absolute atomic E-state index is 0.148. The summed E-state index contributed by atoms with van der Waals surface area (Å²) >= 11 is 0. The summed E-state index contributed by atoms with van der Waals surface area (Å²) in [6, 6.07) is 24.5. The van der Waals surface area contributed by atoms with Crippen molar-refractivity contribution < 1.29 is 19.5 Å². The van der Waals surface area contributed by atoms with Crippen LogP contribution in [0.5, 0.6) is 5.75 Å². The first-order valence-electron chi connectivity index (χ1n) is 21.4. The molecular formula is C47H63N9O4. The van der Waals surface area contributed by atoms with Crippen LogP contribution in [0.3, 0.4) is 0 Å². The number of phenolic OH excluding ortho intramolecular Hbond substituents is 1. The lowest BCUT2D eigenvalue weighted by molar-refractivity contribution is -0.120. The lowest BCUT2D eigenvalue weighted by Crippen LogP contribution is -2.49. The number of phenols is 1. The molecule has 4 fully saturated rings. The van der Waals surface area contributed by atoms with Crippen LogP contribution in [0.2, 0.25) is 0 Å². The molecule has 4 aliphatic heterocycles. The molecule has 8 N–H and O–H groups in total. The van der Waals surface area contributed by atoms with E-state index in [0.717, 1.165) is 113 Å². The summed E-state index contributed by atoms with van der Waals surface area (Å²) in [5.41, 5.74) is 23.2. The van der Waals surface area contributed by atoms with Crippen LogP contribution in [0.1, 0.15) is 79.8 Å². The Labute approximate surface area is 355 Å². The zero-order chi connectivity index (χ0) is 42.6. The van der Waals surface area contributed by atoms with Crippen LogP contribution in [0, 0.1) is 5.92 Å². The molecule has 60 heavy (non-hydrogen) atoms. The van der Waals surface area contributed by atoms with Crippen molar-refractivity contribution in [1.82, 2.24) is 24.9 Å². The van der Waals surface area contributed by atoms with Crippen molar-refractivity contribution in [1.29, 1.82) is 0 Å². The average Bonchev–Trinajstić information content (AvgIpc) is 3.27. The fraction of sp³-hybridized carbons (Fsp3) is 0.426. The number of benzene rings is 3. The maximum absolute atomic E-state index is 12.8. The van der Waals surface area contributed by atoms with Gasteiger partial charge in [-0.1, -0.05) is 48.5 Å². The number of para-hydroxylation sites is 2. The number of urea groups is 1. The average molecular weight is 818 g/mol. The molecule has 0 bridgehead atoms. The zero-order valence-corrected chi connectivity index (χ0v) is 35.3. The van der Waals surface area contributed by atoms with Crippen molar-refractivity contribution in [2.75, 3.05) is 64.3 Å². The maximum Gasteiger partial charge on any atom is 0.328 e. The van der Waals surface area contributed by atoms with Gasteiger partial charge in [0.05, 0.1) is 11.4 Å². The number of aromatic hydroxyl groups is 1. The topological polar surface area (TPSA) is 178 Å². The van der Waals surface area contributed by atoms with Gasteiger partial charge >= 0.3 is 6.03 Å². The highest BCUT2D eigenvalue weighted by Crippen LogP contribution is 2.29. The number of nitrogens with zero attached hydrogens (tertiary/aromatic N) is 5. The minimum atomic E-state index is -0.357. The van der Waals surface area contributed by atoms with Crippen molar-refractivity contribution in [3.05, 3.63) is 119 Å². The van der Waals surface area contributed by atoms with Crippen molar-refractivity contribution in [3.63, 3.8) is 0 Å². The molecule has 4 saturated heterocycles. The molecule has 0 atom stereocenters. The van der Waals surface area contributed by atoms with Crippen LogP contribution >= 0.6 is 0 Å². The van der Waals surface area contributed by atoms with Crippen molar-refractivity contribution in [2.45, 2.75) is 64.3 Å². The number of hydrogen-bond donors (Lipinski definition) is 5. The number of amides is 4. The molecule has 0 saturated carbocycles. The number of anilines is 1. The van der Waals surface area contributed by atoms with Gasteiger partial charge in [-0.25, -0.2) is 4.79 Å². The van der Waals surface area contributed by atoms with Crippen LogP contribution in [0.4, 0.5) is 10.5 Å². The smallest absolute Gasteiger partial charge is 0.328 e. The van der Waals surface area contributed by atoms with Crippen LogP contribution in [0.25, 0.3) is 11.8 Å². The van der Waals surface area contributed by atoms with Crippen molar-refractivity contribution >= 4 is 35.3 Å². The first-order chi connectivity index (χ1) is 29.0. The van der Waals surface area contributed by atoms with E-state index in [1.165, 1.54) is 6.42 Å². The number of carbonyl (C=O) groups is 3. The molecule has 7 rings (SSSR count). The molecule has 13 heteroatoms. The van der Waals surface area contributed by atoms with Gasteiger partial charge in [-0.05, 0) is 106 Å². The first kappa shape index (κ1) is 43.6. The van der Waals surface area contributed by atoms with E-state index in [1.807, 2.05) is 65.6 Å². The number of carbonyl (C=O) groups excluding carboxylic acids is 3. The Morgan fingerprint density at radius 2 is 1.45 bits per heavy atom. The summed E-state index contributed by atoms with van der Waals surface area (Å²) in [5.74, 6) is 0.984. The van der Waals surface area contributed by atoms with E-state index in [1.54, 1.807) is 29.2 Å². The summed E-state index contributed by atoms with van der Waals surface area (Å²) in [6.07, 6.45) is 12.1. The molecule has 0 aromatic heterocycles. The molecule has 0 unspecified atom stereocenters. The maximum atomic E-state index is 12.8. The SMILES string of the molecule is C/C(=C/c1ccccc1N1CCC(=O)NC1=O)N(C)C1CCN(CC2CCN(C(=O)c3ccccc3)CC2)CC1.NC(N)=C(/C=C(\N)c1ccccc1O)N1CCCCC1. The minimum Gasteiger partial charge on any atom is -0.507 e. The van der Waals surface area contributed by atoms with Gasteiger partial charge in [0.1, 0.15) is 11.6 Å². The molecule has 13 nitrogen and oxygen atoms in total. The molecule has 3 aromatic carbocycles. The van der Waals surface area contributed by atoms with E-state index in [0.29, 0.717) is 36.2 Å². The number of nitrogens with one attached hydrogen (secondary N) is 1. The van der Waals surface area contributed by atoms with Gasteiger partial charge in [0.2, 0.25) is 5.91 Å². The normalized spacial score (nSPS) is 18.7. The number of hydrogen-bond acceptors (Lipinski definition) is 10. The second-order valence-electron chi connectivity index (χ2n) is 16.3. The molecule has 4 aliphatic rings. The second-order valence-corrected chi connectivity index (χ2v) is 16.3. The molecule has 320 valence electrons. The van der Waals surface area contributed by atoms with Crippen molar-refractivity contribution in [3.8, 4) is 5.75 Å². The molecule has 4 heterocycles. The Morgan fingerprint density at radius 1 is 0.800 bits per heavy atom. The third-order valence-corrected chi connectivity index (χ3v) is 12.2. The van der Waals surface area contributed by atoms with Gasteiger partial charge in [-0.15, -0.1) is 0 Å². The number of piperidine rings is 3. The van der Waals surface area contributed by atoms with Gasteiger partial charge in [-0.2, -0.15) is 0 Å². The summed E-state index contributed by atoms with van der Waals surface area (Å²) in [5, 5.41) is 12.3. The Morgan fingerprint density at radius 3 is 2.12 bits per heavy atom. The number of likely N-dealkylation sites (tertiary alicyclic amines) is 3. The molecule has 0 aliphatic carbocycles. The Hall–Kier alpha value is -5.95. The Bertz CT molecular complexity index is 2020. The first-order valence-corrected chi connectivity index (χ1v) is 21.4. The monoisotopic (exact) mass is 818 g/mol. The number of imide groups is 1. The lowest BCUT2D eigenvalue weighted by atomic mass is 9.94. The predicted octanol–water partition coefficient (Wildman–Crippen LogP) is 5.71. The van der Waals surface area contributed by atoms with Gasteiger partial charge in [0, 0.05) is 94.4 Å². The zero-order valence-electron chi connectivity index (χ0n) is 35.3. The Balaban J connectivity index is 0.000000253. The highest BCUT2D eigenvalue weighted by Gasteiger charge is 2.29. The molecular weight excluding hydrogens is 755 g/mol. The van der Waals surface area contributed by atoms with E-state index in [2.05, 4.69) is 40.1 Å². The van der Waals surface area contributed by atoms with Crippen LogP contribution in [-0.4, -0.2) is 108 Å².